The number of ether oxygens (including phenoxy) is 1. The Balaban J connectivity index is 2.64. The zero-order valence-electron chi connectivity index (χ0n) is 10.5. The van der Waals surface area contributed by atoms with E-state index in [1.165, 1.54) is 19.3 Å². The third kappa shape index (κ3) is 3.19. The van der Waals surface area contributed by atoms with Crippen molar-refractivity contribution >= 4 is 5.97 Å². The quantitative estimate of drug-likeness (QED) is 0.778. The van der Waals surface area contributed by atoms with Crippen LogP contribution in [0.1, 0.15) is 32.6 Å². The lowest BCUT2D eigenvalue weighted by Gasteiger charge is -2.39. The maximum absolute atomic E-state index is 11.2. The molecule has 0 aromatic heterocycles. The molecule has 0 aromatic carbocycles. The number of methoxy groups -OCH3 is 1. The molecule has 1 aliphatic carbocycles. The average Bonchev–Trinajstić information content (AvgIpc) is 2.25. The minimum absolute atomic E-state index is 0.259. The van der Waals surface area contributed by atoms with Gasteiger partial charge in [0, 0.05) is 13.2 Å². The molecule has 0 heterocycles. The van der Waals surface area contributed by atoms with Crippen molar-refractivity contribution in [2.75, 3.05) is 20.8 Å². The van der Waals surface area contributed by atoms with Gasteiger partial charge >= 0.3 is 5.97 Å². The van der Waals surface area contributed by atoms with Crippen LogP contribution in [0, 0.1) is 5.92 Å². The SMILES string of the molecule is COCC(C(=O)O)N(C)C1CCCCC1C. The van der Waals surface area contributed by atoms with Gasteiger partial charge in [-0.3, -0.25) is 9.69 Å². The minimum atomic E-state index is -0.790. The molecular formula is C12H23NO3. The van der Waals surface area contributed by atoms with Gasteiger partial charge in [-0.1, -0.05) is 19.8 Å². The number of carboxylic acid groups (broad SMARTS) is 1. The molecular weight excluding hydrogens is 206 g/mol. The van der Waals surface area contributed by atoms with Gasteiger partial charge in [0.1, 0.15) is 6.04 Å². The van der Waals surface area contributed by atoms with Gasteiger partial charge in [-0.2, -0.15) is 0 Å². The van der Waals surface area contributed by atoms with E-state index in [4.69, 9.17) is 4.74 Å². The second kappa shape index (κ2) is 6.21. The van der Waals surface area contributed by atoms with Gasteiger partial charge in [0.05, 0.1) is 6.61 Å². The fraction of sp³-hybridized carbons (Fsp3) is 0.917. The smallest absolute Gasteiger partial charge is 0.323 e. The predicted molar refractivity (Wildman–Crippen MR) is 62.5 cm³/mol. The number of rotatable bonds is 5. The number of hydrogen-bond acceptors (Lipinski definition) is 3. The Kier molecular flexibility index (Phi) is 5.22. The molecule has 94 valence electrons. The van der Waals surface area contributed by atoms with Gasteiger partial charge in [-0.15, -0.1) is 0 Å². The molecule has 0 bridgehead atoms. The zero-order valence-corrected chi connectivity index (χ0v) is 10.5. The van der Waals surface area contributed by atoms with Crippen molar-refractivity contribution in [3.8, 4) is 0 Å². The standard InChI is InChI=1S/C12H23NO3/c1-9-6-4-5-7-10(9)13(2)11(8-16-3)12(14)15/h9-11H,4-8H2,1-3H3,(H,14,15). The van der Waals surface area contributed by atoms with E-state index in [1.54, 1.807) is 7.11 Å². The van der Waals surface area contributed by atoms with E-state index < -0.39 is 12.0 Å². The lowest BCUT2D eigenvalue weighted by molar-refractivity contribution is -0.146. The van der Waals surface area contributed by atoms with E-state index in [9.17, 15) is 9.90 Å². The number of carboxylic acids is 1. The molecule has 16 heavy (non-hydrogen) atoms. The second-order valence-electron chi connectivity index (χ2n) is 4.80. The van der Waals surface area contributed by atoms with Crippen molar-refractivity contribution in [3.05, 3.63) is 0 Å². The van der Waals surface area contributed by atoms with Crippen molar-refractivity contribution < 1.29 is 14.6 Å². The number of likely N-dealkylation sites (N-methyl/N-ethyl adjacent to an activating group) is 1. The van der Waals surface area contributed by atoms with Crippen LogP contribution in [0.4, 0.5) is 0 Å². The molecule has 1 rings (SSSR count). The Morgan fingerprint density at radius 3 is 2.62 bits per heavy atom. The largest absolute Gasteiger partial charge is 0.480 e. The highest BCUT2D eigenvalue weighted by Gasteiger charge is 2.32. The Labute approximate surface area is 97.6 Å². The summed E-state index contributed by atoms with van der Waals surface area (Å²) in [7, 11) is 3.46. The molecule has 1 fully saturated rings. The molecule has 0 saturated heterocycles. The van der Waals surface area contributed by atoms with Crippen LogP contribution >= 0.6 is 0 Å². The number of nitrogens with zero attached hydrogens (tertiary/aromatic N) is 1. The van der Waals surface area contributed by atoms with Gasteiger partial charge in [0.15, 0.2) is 0 Å². The second-order valence-corrected chi connectivity index (χ2v) is 4.80. The van der Waals surface area contributed by atoms with Gasteiger partial charge in [0.2, 0.25) is 0 Å². The van der Waals surface area contributed by atoms with Crippen LogP contribution in [0.3, 0.4) is 0 Å². The molecule has 0 amide bonds. The van der Waals surface area contributed by atoms with Gasteiger partial charge in [-0.25, -0.2) is 0 Å². The number of carbonyl (C=O) groups is 1. The third-order valence-electron chi connectivity index (χ3n) is 3.69. The number of aliphatic carboxylic acids is 1. The molecule has 0 radical (unpaired) electrons. The van der Waals surface area contributed by atoms with Crippen molar-refractivity contribution in [1.29, 1.82) is 0 Å². The molecule has 1 aliphatic rings. The lowest BCUT2D eigenvalue weighted by atomic mass is 9.84. The summed E-state index contributed by atoms with van der Waals surface area (Å²) in [5.74, 6) is -0.209. The van der Waals surface area contributed by atoms with Crippen LogP contribution in [0.5, 0.6) is 0 Å². The van der Waals surface area contributed by atoms with E-state index >= 15 is 0 Å². The number of hydrogen-bond donors (Lipinski definition) is 1. The average molecular weight is 229 g/mol. The maximum Gasteiger partial charge on any atom is 0.323 e. The molecule has 3 unspecified atom stereocenters. The van der Waals surface area contributed by atoms with Crippen LogP contribution in [0.2, 0.25) is 0 Å². The van der Waals surface area contributed by atoms with Gasteiger partial charge < -0.3 is 9.84 Å². The van der Waals surface area contributed by atoms with E-state index in [0.717, 1.165) is 6.42 Å². The summed E-state index contributed by atoms with van der Waals surface area (Å²) >= 11 is 0. The first-order valence-electron chi connectivity index (χ1n) is 6.01. The first-order valence-corrected chi connectivity index (χ1v) is 6.01. The molecule has 1 saturated carbocycles. The fourth-order valence-electron chi connectivity index (χ4n) is 2.65. The van der Waals surface area contributed by atoms with Gasteiger partial charge in [0.25, 0.3) is 0 Å². The summed E-state index contributed by atoms with van der Waals surface area (Å²) in [6.07, 6.45) is 4.78. The van der Waals surface area contributed by atoms with Crippen LogP contribution in [-0.4, -0.2) is 48.8 Å². The fourth-order valence-corrected chi connectivity index (χ4v) is 2.65. The summed E-state index contributed by atoms with van der Waals surface area (Å²) < 4.78 is 4.99. The molecule has 0 spiro atoms. The Morgan fingerprint density at radius 2 is 2.12 bits per heavy atom. The van der Waals surface area contributed by atoms with Crippen LogP contribution in [0.25, 0.3) is 0 Å². The van der Waals surface area contributed by atoms with Crippen molar-refractivity contribution in [1.82, 2.24) is 4.90 Å². The molecule has 0 aromatic rings. The molecule has 4 nitrogen and oxygen atoms in total. The monoisotopic (exact) mass is 229 g/mol. The van der Waals surface area contributed by atoms with E-state index in [-0.39, 0.29) is 6.61 Å². The summed E-state index contributed by atoms with van der Waals surface area (Å²) in [6, 6.07) is -0.138. The Morgan fingerprint density at radius 1 is 1.50 bits per heavy atom. The maximum atomic E-state index is 11.2. The van der Waals surface area contributed by atoms with Crippen LogP contribution in [0.15, 0.2) is 0 Å². The van der Waals surface area contributed by atoms with E-state index in [1.807, 2.05) is 11.9 Å². The van der Waals surface area contributed by atoms with Crippen molar-refractivity contribution in [3.63, 3.8) is 0 Å². The normalized spacial score (nSPS) is 28.0. The summed E-state index contributed by atoms with van der Waals surface area (Å²) in [5, 5.41) is 9.17. The summed E-state index contributed by atoms with van der Waals surface area (Å²) in [5.41, 5.74) is 0. The lowest BCUT2D eigenvalue weighted by Crippen LogP contribution is -2.50. The Bertz CT molecular complexity index is 232. The van der Waals surface area contributed by atoms with E-state index in [2.05, 4.69) is 6.92 Å². The molecule has 1 N–H and O–H groups in total. The topological polar surface area (TPSA) is 49.8 Å². The highest BCUT2D eigenvalue weighted by atomic mass is 16.5. The highest BCUT2D eigenvalue weighted by molar-refractivity contribution is 5.73. The zero-order chi connectivity index (χ0) is 12.1. The first kappa shape index (κ1) is 13.5. The predicted octanol–water partition coefficient (Wildman–Crippen LogP) is 1.60. The molecule has 3 atom stereocenters. The molecule has 0 aliphatic heterocycles. The Hall–Kier alpha value is -0.610. The summed E-state index contributed by atoms with van der Waals surface area (Å²) in [6.45, 7) is 2.47. The molecule has 4 heteroatoms. The highest BCUT2D eigenvalue weighted by Crippen LogP contribution is 2.28. The third-order valence-corrected chi connectivity index (χ3v) is 3.69. The first-order chi connectivity index (χ1) is 7.57. The summed E-state index contributed by atoms with van der Waals surface area (Å²) in [4.78, 5) is 13.1. The van der Waals surface area contributed by atoms with Crippen molar-refractivity contribution in [2.45, 2.75) is 44.7 Å². The van der Waals surface area contributed by atoms with Crippen molar-refractivity contribution in [2.24, 2.45) is 5.92 Å². The van der Waals surface area contributed by atoms with Gasteiger partial charge in [-0.05, 0) is 25.8 Å². The van der Waals surface area contributed by atoms with E-state index in [0.29, 0.717) is 12.0 Å². The minimum Gasteiger partial charge on any atom is -0.480 e. The van der Waals surface area contributed by atoms with Crippen LogP contribution in [-0.2, 0) is 9.53 Å². The van der Waals surface area contributed by atoms with Crippen LogP contribution < -0.4 is 0 Å².